The van der Waals surface area contributed by atoms with Gasteiger partial charge >= 0.3 is 5.97 Å². The van der Waals surface area contributed by atoms with E-state index in [1.54, 1.807) is 6.08 Å². The highest BCUT2D eigenvalue weighted by Gasteiger charge is 2.36. The summed E-state index contributed by atoms with van der Waals surface area (Å²) < 4.78 is 9.85. The van der Waals surface area contributed by atoms with E-state index >= 15 is 0 Å². The lowest BCUT2D eigenvalue weighted by atomic mass is 10.1. The van der Waals surface area contributed by atoms with E-state index in [0.717, 1.165) is 54.2 Å². The first-order chi connectivity index (χ1) is 12.1. The number of carbonyl (C=O) groups is 3. The van der Waals surface area contributed by atoms with Crippen LogP contribution in [-0.4, -0.2) is 62.0 Å². The number of amides is 2. The van der Waals surface area contributed by atoms with Crippen molar-refractivity contribution in [1.29, 1.82) is 0 Å². The first kappa shape index (κ1) is 17.5. The minimum Gasteiger partial charge on any atom is -0.468 e. The van der Waals surface area contributed by atoms with Crippen LogP contribution in [-0.2, 0) is 19.1 Å². The van der Waals surface area contributed by atoms with Gasteiger partial charge in [0.25, 0.3) is 11.1 Å². The Balaban J connectivity index is 1.71. The lowest BCUT2D eigenvalue weighted by Gasteiger charge is -2.28. The highest BCUT2D eigenvalue weighted by Crippen LogP contribution is 2.32. The van der Waals surface area contributed by atoms with Crippen molar-refractivity contribution in [3.05, 3.63) is 34.7 Å². The second-order valence-corrected chi connectivity index (χ2v) is 6.53. The summed E-state index contributed by atoms with van der Waals surface area (Å²) in [4.78, 5) is 38.9. The lowest BCUT2D eigenvalue weighted by Crippen LogP contribution is -2.36. The van der Waals surface area contributed by atoms with Gasteiger partial charge in [-0.1, -0.05) is 12.1 Å². The molecular formula is C17H18N2O5S. The van der Waals surface area contributed by atoms with Crippen LogP contribution in [0.2, 0.25) is 0 Å². The fraction of sp³-hybridized carbons (Fsp3) is 0.353. The third-order valence-electron chi connectivity index (χ3n) is 3.96. The van der Waals surface area contributed by atoms with Gasteiger partial charge in [-0.3, -0.25) is 19.3 Å². The minimum absolute atomic E-state index is 0.299. The van der Waals surface area contributed by atoms with Gasteiger partial charge in [-0.2, -0.15) is 0 Å². The van der Waals surface area contributed by atoms with E-state index in [-0.39, 0.29) is 6.54 Å². The number of imide groups is 1. The summed E-state index contributed by atoms with van der Waals surface area (Å²) in [5.74, 6) is -1.10. The van der Waals surface area contributed by atoms with Crippen molar-refractivity contribution >= 4 is 40.6 Å². The maximum atomic E-state index is 12.3. The Kier molecular flexibility index (Phi) is 5.40. The first-order valence-corrected chi connectivity index (χ1v) is 8.65. The molecule has 7 nitrogen and oxygen atoms in total. The van der Waals surface area contributed by atoms with Crippen molar-refractivity contribution in [2.75, 3.05) is 44.9 Å². The number of morpholine rings is 1. The van der Waals surface area contributed by atoms with Gasteiger partial charge in [0.2, 0.25) is 0 Å². The number of methoxy groups -OCH3 is 1. The molecule has 1 aromatic rings. The Bertz CT molecular complexity index is 710. The largest absolute Gasteiger partial charge is 0.468 e. The molecule has 1 aromatic carbocycles. The molecule has 0 atom stereocenters. The Hall–Kier alpha value is -2.32. The monoisotopic (exact) mass is 362 g/mol. The molecule has 0 aromatic heterocycles. The quantitative estimate of drug-likeness (QED) is 0.596. The Labute approximate surface area is 149 Å². The van der Waals surface area contributed by atoms with Crippen molar-refractivity contribution in [2.45, 2.75) is 0 Å². The van der Waals surface area contributed by atoms with Gasteiger partial charge in [-0.15, -0.1) is 0 Å². The number of anilines is 1. The van der Waals surface area contributed by atoms with E-state index in [0.29, 0.717) is 4.91 Å². The summed E-state index contributed by atoms with van der Waals surface area (Å²) in [5, 5.41) is -0.466. The summed E-state index contributed by atoms with van der Waals surface area (Å²) >= 11 is 0.825. The fourth-order valence-corrected chi connectivity index (χ4v) is 3.42. The van der Waals surface area contributed by atoms with Gasteiger partial charge < -0.3 is 14.4 Å². The molecular weight excluding hydrogens is 344 g/mol. The molecule has 3 rings (SSSR count). The van der Waals surface area contributed by atoms with Crippen LogP contribution >= 0.6 is 11.8 Å². The molecule has 2 aliphatic heterocycles. The molecule has 0 aliphatic carbocycles. The zero-order chi connectivity index (χ0) is 17.8. The van der Waals surface area contributed by atoms with Crippen molar-refractivity contribution < 1.29 is 23.9 Å². The minimum atomic E-state index is -0.626. The van der Waals surface area contributed by atoms with Crippen molar-refractivity contribution in [1.82, 2.24) is 4.90 Å². The Morgan fingerprint density at radius 3 is 2.56 bits per heavy atom. The lowest BCUT2D eigenvalue weighted by molar-refractivity contribution is -0.143. The number of carbonyl (C=O) groups excluding carboxylic acids is 3. The van der Waals surface area contributed by atoms with E-state index in [9.17, 15) is 14.4 Å². The zero-order valence-electron chi connectivity index (χ0n) is 13.8. The molecule has 0 spiro atoms. The smallest absolute Gasteiger partial charge is 0.325 e. The van der Waals surface area contributed by atoms with Crippen LogP contribution in [0.15, 0.2) is 29.2 Å². The van der Waals surface area contributed by atoms with E-state index in [1.807, 2.05) is 24.3 Å². The molecule has 8 heteroatoms. The molecule has 0 bridgehead atoms. The van der Waals surface area contributed by atoms with Crippen molar-refractivity contribution in [3.63, 3.8) is 0 Å². The zero-order valence-corrected chi connectivity index (χ0v) is 14.6. The fourth-order valence-electron chi connectivity index (χ4n) is 2.58. The SMILES string of the molecule is COC(=O)CN1C(=O)S/C(=C/c2ccc(N3CCOCC3)cc2)C1=O. The van der Waals surface area contributed by atoms with Gasteiger partial charge in [0.15, 0.2) is 0 Å². The molecule has 132 valence electrons. The number of hydrogen-bond donors (Lipinski definition) is 0. The molecule has 2 heterocycles. The number of benzene rings is 1. The summed E-state index contributed by atoms with van der Waals surface area (Å²) in [6, 6.07) is 7.77. The summed E-state index contributed by atoms with van der Waals surface area (Å²) in [6.07, 6.45) is 1.66. The molecule has 2 fully saturated rings. The molecule has 2 aliphatic rings. The number of esters is 1. The van der Waals surface area contributed by atoms with Crippen molar-refractivity contribution in [2.24, 2.45) is 0 Å². The topological polar surface area (TPSA) is 76.2 Å². The highest BCUT2D eigenvalue weighted by atomic mass is 32.2. The van der Waals surface area contributed by atoms with E-state index in [4.69, 9.17) is 4.74 Å². The summed E-state index contributed by atoms with van der Waals surface area (Å²) in [6.45, 7) is 2.77. The normalized spacial score (nSPS) is 19.6. The summed E-state index contributed by atoms with van der Waals surface area (Å²) in [7, 11) is 1.22. The molecule has 0 saturated carbocycles. The molecule has 25 heavy (non-hydrogen) atoms. The maximum absolute atomic E-state index is 12.3. The third-order valence-corrected chi connectivity index (χ3v) is 4.86. The van der Waals surface area contributed by atoms with Gasteiger partial charge in [-0.25, -0.2) is 0 Å². The van der Waals surface area contributed by atoms with Gasteiger partial charge in [0, 0.05) is 18.8 Å². The first-order valence-electron chi connectivity index (χ1n) is 7.83. The third kappa shape index (κ3) is 4.02. The van der Waals surface area contributed by atoms with Gasteiger partial charge in [0.05, 0.1) is 25.2 Å². The number of thioether (sulfide) groups is 1. The van der Waals surface area contributed by atoms with Crippen LogP contribution in [0.4, 0.5) is 10.5 Å². The molecule has 2 saturated heterocycles. The molecule has 2 amide bonds. The van der Waals surface area contributed by atoms with Crippen LogP contribution in [0.5, 0.6) is 0 Å². The number of rotatable bonds is 4. The highest BCUT2D eigenvalue weighted by molar-refractivity contribution is 8.18. The second-order valence-electron chi connectivity index (χ2n) is 5.53. The standard InChI is InChI=1S/C17H18N2O5S/c1-23-15(20)11-19-16(21)14(25-17(19)22)10-12-2-4-13(5-3-12)18-6-8-24-9-7-18/h2-5,10H,6-9,11H2,1H3/b14-10+. The second kappa shape index (κ2) is 7.71. The van der Waals surface area contributed by atoms with E-state index < -0.39 is 17.1 Å². The number of ether oxygens (including phenoxy) is 2. The predicted molar refractivity (Wildman–Crippen MR) is 94.2 cm³/mol. The van der Waals surface area contributed by atoms with E-state index in [1.165, 1.54) is 7.11 Å². The van der Waals surface area contributed by atoms with Crippen LogP contribution < -0.4 is 4.90 Å². The summed E-state index contributed by atoms with van der Waals surface area (Å²) in [5.41, 5.74) is 1.92. The van der Waals surface area contributed by atoms with Crippen LogP contribution in [0, 0.1) is 0 Å². The van der Waals surface area contributed by atoms with E-state index in [2.05, 4.69) is 9.64 Å². The number of nitrogens with zero attached hydrogens (tertiary/aromatic N) is 2. The molecule has 0 N–H and O–H groups in total. The number of hydrogen-bond acceptors (Lipinski definition) is 7. The van der Waals surface area contributed by atoms with Crippen LogP contribution in [0.1, 0.15) is 5.56 Å². The Morgan fingerprint density at radius 1 is 1.24 bits per heavy atom. The van der Waals surface area contributed by atoms with Crippen molar-refractivity contribution in [3.8, 4) is 0 Å². The maximum Gasteiger partial charge on any atom is 0.325 e. The average molecular weight is 362 g/mol. The molecule has 0 radical (unpaired) electrons. The Morgan fingerprint density at radius 2 is 1.92 bits per heavy atom. The average Bonchev–Trinajstić information content (AvgIpc) is 2.90. The molecule has 0 unspecified atom stereocenters. The predicted octanol–water partition coefficient (Wildman–Crippen LogP) is 1.73. The van der Waals surface area contributed by atoms with Crippen LogP contribution in [0.25, 0.3) is 6.08 Å². The van der Waals surface area contributed by atoms with Gasteiger partial charge in [-0.05, 0) is 35.5 Å². The van der Waals surface area contributed by atoms with Crippen LogP contribution in [0.3, 0.4) is 0 Å². The van der Waals surface area contributed by atoms with Gasteiger partial charge in [0.1, 0.15) is 6.54 Å².